The molecule has 0 heterocycles. The van der Waals surface area contributed by atoms with Crippen molar-refractivity contribution in [1.82, 2.24) is 0 Å². The summed E-state index contributed by atoms with van der Waals surface area (Å²) in [5, 5.41) is 0. The molecule has 0 saturated heterocycles. The van der Waals surface area contributed by atoms with Crippen LogP contribution in [-0.4, -0.2) is 33.9 Å². The van der Waals surface area contributed by atoms with E-state index in [0.717, 1.165) is 57.8 Å². The van der Waals surface area contributed by atoms with Gasteiger partial charge in [-0.3, -0.25) is 8.98 Å². The third kappa shape index (κ3) is 3.70. The minimum Gasteiger partial charge on any atom is -0.469 e. The van der Waals surface area contributed by atoms with Crippen molar-refractivity contribution >= 4 is 16.1 Å². The second-order valence-corrected chi connectivity index (χ2v) is 17.0. The molecule has 216 valence electrons. The van der Waals surface area contributed by atoms with Gasteiger partial charge >= 0.3 is 5.97 Å². The SMILES string of the molecule is COC(=O)[C@]12CC[C@@H](C)[C@H](C)[C@H]1C1=CC[C@@H]3[C@@]4(C)CC[C@H](OS(C)(=O)=O)C(C)(C)[C@@H]4CC[C@@]3(C)[C@]1(C)CC2. The monoisotopic (exact) mass is 548 g/mol. The van der Waals surface area contributed by atoms with Crippen LogP contribution in [0, 0.1) is 56.7 Å². The summed E-state index contributed by atoms with van der Waals surface area (Å²) in [6, 6.07) is 0. The van der Waals surface area contributed by atoms with E-state index in [4.69, 9.17) is 8.92 Å². The van der Waals surface area contributed by atoms with E-state index >= 15 is 0 Å². The first-order chi connectivity index (χ1) is 17.5. The first kappa shape index (κ1) is 28.6. The van der Waals surface area contributed by atoms with Crippen LogP contribution in [0.25, 0.3) is 0 Å². The minimum atomic E-state index is -3.50. The largest absolute Gasteiger partial charge is 0.469 e. The maximum absolute atomic E-state index is 13.5. The fourth-order valence-electron chi connectivity index (χ4n) is 11.4. The average Bonchev–Trinajstić information content (AvgIpc) is 2.82. The van der Waals surface area contributed by atoms with Gasteiger partial charge in [0.25, 0.3) is 10.1 Å². The smallest absolute Gasteiger partial charge is 0.312 e. The molecule has 38 heavy (non-hydrogen) atoms. The van der Waals surface area contributed by atoms with E-state index in [-0.39, 0.29) is 45.1 Å². The van der Waals surface area contributed by atoms with Crippen molar-refractivity contribution in [3.8, 4) is 0 Å². The molecule has 0 N–H and O–H groups in total. The lowest BCUT2D eigenvalue weighted by Gasteiger charge is -2.71. The van der Waals surface area contributed by atoms with Crippen LogP contribution in [-0.2, 0) is 23.8 Å². The molecular formula is C32H52O5S. The number of hydrogen-bond donors (Lipinski definition) is 0. The second-order valence-electron chi connectivity index (χ2n) is 15.4. The molecule has 5 aliphatic rings. The molecule has 4 fully saturated rings. The van der Waals surface area contributed by atoms with Gasteiger partial charge in [-0.2, -0.15) is 8.42 Å². The van der Waals surface area contributed by atoms with Crippen molar-refractivity contribution in [3.63, 3.8) is 0 Å². The number of hydrogen-bond acceptors (Lipinski definition) is 5. The van der Waals surface area contributed by atoms with Gasteiger partial charge in [-0.15, -0.1) is 0 Å². The number of fused-ring (bicyclic) bond motifs is 7. The van der Waals surface area contributed by atoms with E-state index in [0.29, 0.717) is 23.7 Å². The van der Waals surface area contributed by atoms with Crippen molar-refractivity contribution in [2.75, 3.05) is 13.4 Å². The van der Waals surface area contributed by atoms with Gasteiger partial charge in [0.15, 0.2) is 0 Å². The first-order valence-corrected chi connectivity index (χ1v) is 17.0. The van der Waals surface area contributed by atoms with Crippen LogP contribution < -0.4 is 0 Å². The molecule has 0 aromatic heterocycles. The lowest BCUT2D eigenvalue weighted by Crippen LogP contribution is -2.65. The zero-order chi connectivity index (χ0) is 28.1. The summed E-state index contributed by atoms with van der Waals surface area (Å²) in [7, 11) is -1.92. The summed E-state index contributed by atoms with van der Waals surface area (Å²) in [6.45, 7) is 16.9. The molecule has 5 nitrogen and oxygen atoms in total. The van der Waals surface area contributed by atoms with Crippen molar-refractivity contribution in [2.45, 2.75) is 112 Å². The molecule has 0 spiro atoms. The summed E-state index contributed by atoms with van der Waals surface area (Å²) in [5.74, 6) is 2.28. The van der Waals surface area contributed by atoms with Crippen LogP contribution in [0.5, 0.6) is 0 Å². The minimum absolute atomic E-state index is 0.0121. The molecule has 4 saturated carbocycles. The first-order valence-electron chi connectivity index (χ1n) is 15.2. The molecule has 6 heteroatoms. The third-order valence-electron chi connectivity index (χ3n) is 13.8. The summed E-state index contributed by atoms with van der Waals surface area (Å²) in [4.78, 5) is 13.5. The fourth-order valence-corrected chi connectivity index (χ4v) is 12.2. The lowest BCUT2D eigenvalue weighted by atomic mass is 9.33. The van der Waals surface area contributed by atoms with Gasteiger partial charge in [0.1, 0.15) is 0 Å². The Morgan fingerprint density at radius 3 is 2.24 bits per heavy atom. The zero-order valence-corrected chi connectivity index (χ0v) is 26.2. The number of carbonyl (C=O) groups excluding carboxylic acids is 1. The molecule has 0 bridgehead atoms. The predicted octanol–water partition coefficient (Wildman–Crippen LogP) is 7.16. The number of esters is 1. The summed E-state index contributed by atoms with van der Waals surface area (Å²) in [5.41, 5.74) is 1.30. The zero-order valence-electron chi connectivity index (χ0n) is 25.4. The average molecular weight is 549 g/mol. The normalized spacial score (nSPS) is 50.0. The quantitative estimate of drug-likeness (QED) is 0.213. The maximum Gasteiger partial charge on any atom is 0.312 e. The van der Waals surface area contributed by atoms with E-state index in [2.05, 4.69) is 54.5 Å². The van der Waals surface area contributed by atoms with Crippen molar-refractivity contribution in [1.29, 1.82) is 0 Å². The Morgan fingerprint density at radius 1 is 0.921 bits per heavy atom. The van der Waals surface area contributed by atoms with Gasteiger partial charge in [0.05, 0.1) is 24.9 Å². The molecule has 0 aromatic carbocycles. The number of ether oxygens (including phenoxy) is 1. The second kappa shape index (κ2) is 8.81. The Kier molecular flexibility index (Phi) is 6.64. The Bertz CT molecular complexity index is 1120. The molecule has 0 radical (unpaired) electrons. The van der Waals surface area contributed by atoms with E-state index < -0.39 is 10.1 Å². The maximum atomic E-state index is 13.5. The van der Waals surface area contributed by atoms with Crippen molar-refractivity contribution in [3.05, 3.63) is 11.6 Å². The highest BCUT2D eigenvalue weighted by molar-refractivity contribution is 7.86. The van der Waals surface area contributed by atoms with Gasteiger partial charge in [0.2, 0.25) is 0 Å². The Hall–Kier alpha value is -0.880. The summed E-state index contributed by atoms with van der Waals surface area (Å²) < 4.78 is 35.4. The highest BCUT2D eigenvalue weighted by Gasteiger charge is 2.69. The van der Waals surface area contributed by atoms with Crippen molar-refractivity contribution < 1.29 is 22.1 Å². The predicted molar refractivity (Wildman–Crippen MR) is 151 cm³/mol. The van der Waals surface area contributed by atoms with E-state index in [1.54, 1.807) is 12.7 Å². The molecule has 0 amide bonds. The molecule has 5 aliphatic carbocycles. The summed E-state index contributed by atoms with van der Waals surface area (Å²) >= 11 is 0. The third-order valence-corrected chi connectivity index (χ3v) is 14.4. The van der Waals surface area contributed by atoms with Crippen LogP contribution in [0.1, 0.15) is 106 Å². The van der Waals surface area contributed by atoms with Crippen LogP contribution in [0.2, 0.25) is 0 Å². The van der Waals surface area contributed by atoms with Gasteiger partial charge in [-0.05, 0) is 109 Å². The highest BCUT2D eigenvalue weighted by Crippen LogP contribution is 2.76. The topological polar surface area (TPSA) is 69.7 Å². The van der Waals surface area contributed by atoms with Gasteiger partial charge in [-0.1, -0.05) is 60.1 Å². The Labute approximate surface area is 232 Å². The number of methoxy groups -OCH3 is 1. The number of carbonyl (C=O) groups is 1. The standard InChI is InChI=1S/C32H52O5S/c1-20-12-17-32(27(33)36-8)19-18-30(6)22(26(32)21(20)2)10-11-24-29(5)15-14-25(37-38(9,34)35)28(3,4)23(29)13-16-31(24,30)7/h10,20-21,23-26H,11-19H2,1-9H3/t20-,21+,23+,24-,25+,26+,29+,30-,31-,32+/m1/s1. The van der Waals surface area contributed by atoms with Crippen LogP contribution in [0.3, 0.4) is 0 Å². The molecular weight excluding hydrogens is 496 g/mol. The van der Waals surface area contributed by atoms with Gasteiger partial charge in [0, 0.05) is 0 Å². The van der Waals surface area contributed by atoms with Gasteiger partial charge < -0.3 is 4.74 Å². The number of rotatable bonds is 3. The van der Waals surface area contributed by atoms with E-state index in [1.807, 2.05) is 0 Å². The molecule has 0 aromatic rings. The van der Waals surface area contributed by atoms with E-state index in [9.17, 15) is 13.2 Å². The molecule has 10 atom stereocenters. The van der Waals surface area contributed by atoms with Gasteiger partial charge in [-0.25, -0.2) is 0 Å². The van der Waals surface area contributed by atoms with Crippen molar-refractivity contribution in [2.24, 2.45) is 56.7 Å². The summed E-state index contributed by atoms with van der Waals surface area (Å²) in [6.07, 6.45) is 12.6. The fraction of sp³-hybridized carbons (Fsp3) is 0.906. The highest BCUT2D eigenvalue weighted by atomic mass is 32.2. The Morgan fingerprint density at radius 2 is 1.61 bits per heavy atom. The number of allylic oxidation sites excluding steroid dienone is 2. The molecule has 0 unspecified atom stereocenters. The van der Waals surface area contributed by atoms with Crippen LogP contribution in [0.4, 0.5) is 0 Å². The molecule has 5 rings (SSSR count). The lowest BCUT2D eigenvalue weighted by molar-refractivity contribution is -0.203. The molecule has 0 aliphatic heterocycles. The van der Waals surface area contributed by atoms with Crippen LogP contribution >= 0.6 is 0 Å². The Balaban J connectivity index is 1.56. The van der Waals surface area contributed by atoms with Crippen LogP contribution in [0.15, 0.2) is 11.6 Å². The van der Waals surface area contributed by atoms with E-state index in [1.165, 1.54) is 6.26 Å².